The Balaban J connectivity index is 1.36. The maximum Gasteiger partial charge on any atom is 0.338 e. The number of thiazole rings is 1. The van der Waals surface area contributed by atoms with Gasteiger partial charge in [-0.3, -0.25) is 9.20 Å². The minimum absolute atomic E-state index is 0.0824. The molecule has 0 fully saturated rings. The van der Waals surface area contributed by atoms with Crippen molar-refractivity contribution >= 4 is 23.0 Å². The van der Waals surface area contributed by atoms with Gasteiger partial charge in [-0.05, 0) is 43.3 Å². The zero-order valence-electron chi connectivity index (χ0n) is 15.6. The molecular weight excluding hydrogens is 390 g/mol. The number of pyridine rings is 1. The first-order valence-electron chi connectivity index (χ1n) is 8.87. The number of aromatic nitrogens is 3. The van der Waals surface area contributed by atoms with Crippen molar-refractivity contribution in [3.63, 3.8) is 0 Å². The molecule has 0 aliphatic carbocycles. The molecule has 4 aromatic rings. The number of carbonyl (C=O) groups is 1. The van der Waals surface area contributed by atoms with Gasteiger partial charge < -0.3 is 9.47 Å². The highest BCUT2D eigenvalue weighted by Gasteiger charge is 2.10. The van der Waals surface area contributed by atoms with Crippen LogP contribution in [0.4, 0.5) is 0 Å². The predicted octanol–water partition coefficient (Wildman–Crippen LogP) is 3.40. The molecule has 29 heavy (non-hydrogen) atoms. The van der Waals surface area contributed by atoms with Crippen LogP contribution in [0.1, 0.15) is 26.8 Å². The lowest BCUT2D eigenvalue weighted by Crippen LogP contribution is -2.16. The lowest BCUT2D eigenvalue weighted by atomic mass is 10.2. The molecule has 0 amide bonds. The molecule has 0 saturated carbocycles. The smallest absolute Gasteiger partial charge is 0.338 e. The minimum atomic E-state index is -0.498. The Morgan fingerprint density at radius 2 is 1.90 bits per heavy atom. The largest absolute Gasteiger partial charge is 0.487 e. The van der Waals surface area contributed by atoms with E-state index in [-0.39, 0.29) is 12.2 Å². The quantitative estimate of drug-likeness (QED) is 0.456. The fraction of sp³-hybridized carbons (Fsp3) is 0.143. The lowest BCUT2D eigenvalue weighted by molar-refractivity contribution is 0.0467. The van der Waals surface area contributed by atoms with E-state index < -0.39 is 5.97 Å². The number of fused-ring (bicyclic) bond motifs is 1. The molecule has 3 aromatic heterocycles. The Morgan fingerprint density at radius 1 is 1.07 bits per heavy atom. The maximum absolute atomic E-state index is 12.3. The van der Waals surface area contributed by atoms with Crippen molar-refractivity contribution in [3.8, 4) is 5.75 Å². The summed E-state index contributed by atoms with van der Waals surface area (Å²) in [6, 6.07) is 13.3. The van der Waals surface area contributed by atoms with E-state index in [1.54, 1.807) is 60.0 Å². The maximum atomic E-state index is 12.3. The number of rotatable bonds is 6. The van der Waals surface area contributed by atoms with Crippen LogP contribution in [0.25, 0.3) is 5.65 Å². The van der Waals surface area contributed by atoms with Crippen molar-refractivity contribution < 1.29 is 14.3 Å². The highest BCUT2D eigenvalue weighted by atomic mass is 32.1. The molecule has 0 aliphatic rings. The normalized spacial score (nSPS) is 10.8. The number of carbonyl (C=O) groups excluding carboxylic acids is 1. The van der Waals surface area contributed by atoms with E-state index in [2.05, 4.69) is 9.97 Å². The Hall–Kier alpha value is -3.52. The molecule has 0 spiro atoms. The summed E-state index contributed by atoms with van der Waals surface area (Å²) in [7, 11) is 0. The Kier molecular flexibility index (Phi) is 5.35. The standard InChI is InChI=1S/C21H17N3O4S/c1-14-22-17(13-29-14)12-27-18-7-5-15(6-8-18)21(26)28-11-16-10-20(25)24-9-3-2-4-19(24)23-16/h2-10,13H,11-12H2,1H3. The van der Waals surface area contributed by atoms with Crippen molar-refractivity contribution in [2.24, 2.45) is 0 Å². The summed E-state index contributed by atoms with van der Waals surface area (Å²) >= 11 is 1.57. The van der Waals surface area contributed by atoms with Crippen LogP contribution in [0.3, 0.4) is 0 Å². The third-order valence-corrected chi connectivity index (χ3v) is 4.94. The molecule has 0 aliphatic heterocycles. The summed E-state index contributed by atoms with van der Waals surface area (Å²) in [5.74, 6) is 0.137. The third-order valence-electron chi connectivity index (χ3n) is 4.12. The van der Waals surface area contributed by atoms with E-state index >= 15 is 0 Å². The van der Waals surface area contributed by atoms with E-state index in [1.165, 1.54) is 10.5 Å². The summed E-state index contributed by atoms with van der Waals surface area (Å²) < 4.78 is 12.4. The molecule has 0 radical (unpaired) electrons. The number of esters is 1. The number of benzene rings is 1. The zero-order valence-corrected chi connectivity index (χ0v) is 16.4. The van der Waals surface area contributed by atoms with E-state index in [1.807, 2.05) is 12.3 Å². The summed E-state index contributed by atoms with van der Waals surface area (Å²) in [6.07, 6.45) is 1.64. The van der Waals surface area contributed by atoms with Crippen LogP contribution in [-0.4, -0.2) is 20.3 Å². The Bertz CT molecular complexity index is 1210. The number of aryl methyl sites for hydroxylation is 1. The third kappa shape index (κ3) is 4.49. The van der Waals surface area contributed by atoms with Gasteiger partial charge in [0.05, 0.1) is 22.0 Å². The van der Waals surface area contributed by atoms with Gasteiger partial charge in [-0.2, -0.15) is 0 Å². The van der Waals surface area contributed by atoms with Crippen LogP contribution < -0.4 is 10.3 Å². The van der Waals surface area contributed by atoms with Crippen LogP contribution in [0.2, 0.25) is 0 Å². The Morgan fingerprint density at radius 3 is 2.66 bits per heavy atom. The average molecular weight is 407 g/mol. The van der Waals surface area contributed by atoms with Gasteiger partial charge in [-0.25, -0.2) is 14.8 Å². The molecule has 8 heteroatoms. The van der Waals surface area contributed by atoms with Gasteiger partial charge in [0, 0.05) is 17.6 Å². The molecule has 0 saturated heterocycles. The first kappa shape index (κ1) is 18.8. The second kappa shape index (κ2) is 8.24. The van der Waals surface area contributed by atoms with Gasteiger partial charge in [-0.1, -0.05) is 6.07 Å². The van der Waals surface area contributed by atoms with E-state index in [0.29, 0.717) is 29.3 Å². The highest BCUT2D eigenvalue weighted by Crippen LogP contribution is 2.16. The monoisotopic (exact) mass is 407 g/mol. The molecular formula is C21H17N3O4S. The molecule has 0 atom stereocenters. The lowest BCUT2D eigenvalue weighted by Gasteiger charge is -2.07. The van der Waals surface area contributed by atoms with Crippen LogP contribution in [-0.2, 0) is 18.0 Å². The van der Waals surface area contributed by atoms with Crippen molar-refractivity contribution in [3.05, 3.63) is 92.4 Å². The summed E-state index contributed by atoms with van der Waals surface area (Å²) in [4.78, 5) is 33.0. The van der Waals surface area contributed by atoms with Crippen molar-refractivity contribution in [1.82, 2.24) is 14.4 Å². The van der Waals surface area contributed by atoms with Crippen molar-refractivity contribution in [2.45, 2.75) is 20.1 Å². The molecule has 1 aromatic carbocycles. The minimum Gasteiger partial charge on any atom is -0.487 e. The van der Waals surface area contributed by atoms with Gasteiger partial charge in [-0.15, -0.1) is 11.3 Å². The van der Waals surface area contributed by atoms with E-state index in [0.717, 1.165) is 10.7 Å². The summed E-state index contributed by atoms with van der Waals surface area (Å²) in [5, 5.41) is 2.94. The topological polar surface area (TPSA) is 82.8 Å². The molecule has 0 unspecified atom stereocenters. The van der Waals surface area contributed by atoms with Gasteiger partial charge in [0.15, 0.2) is 0 Å². The fourth-order valence-corrected chi connectivity index (χ4v) is 3.32. The number of nitrogens with zero attached hydrogens (tertiary/aromatic N) is 3. The van der Waals surface area contributed by atoms with Crippen LogP contribution in [0.15, 0.2) is 64.9 Å². The number of hydrogen-bond acceptors (Lipinski definition) is 7. The van der Waals surface area contributed by atoms with Crippen molar-refractivity contribution in [1.29, 1.82) is 0 Å². The fourth-order valence-electron chi connectivity index (χ4n) is 2.72. The first-order valence-corrected chi connectivity index (χ1v) is 9.75. The molecule has 3 heterocycles. The average Bonchev–Trinajstić information content (AvgIpc) is 3.16. The Labute approximate surface area is 170 Å². The molecule has 4 rings (SSSR count). The predicted molar refractivity (Wildman–Crippen MR) is 108 cm³/mol. The van der Waals surface area contributed by atoms with E-state index in [4.69, 9.17) is 9.47 Å². The summed E-state index contributed by atoms with van der Waals surface area (Å²) in [6.45, 7) is 2.23. The molecule has 146 valence electrons. The SMILES string of the molecule is Cc1nc(COc2ccc(C(=O)OCc3cc(=O)n4ccccc4n3)cc2)cs1. The number of ether oxygens (including phenoxy) is 2. The number of hydrogen-bond donors (Lipinski definition) is 0. The molecule has 0 bridgehead atoms. The summed E-state index contributed by atoms with van der Waals surface area (Å²) in [5.41, 5.74) is 1.93. The van der Waals surface area contributed by atoms with Gasteiger partial charge in [0.2, 0.25) is 0 Å². The van der Waals surface area contributed by atoms with E-state index in [9.17, 15) is 9.59 Å². The zero-order chi connectivity index (χ0) is 20.2. The highest BCUT2D eigenvalue weighted by molar-refractivity contribution is 7.09. The van der Waals surface area contributed by atoms with Gasteiger partial charge in [0.25, 0.3) is 5.56 Å². The van der Waals surface area contributed by atoms with Gasteiger partial charge >= 0.3 is 5.97 Å². The molecule has 0 N–H and O–H groups in total. The molecule has 7 nitrogen and oxygen atoms in total. The second-order valence-electron chi connectivity index (χ2n) is 6.26. The van der Waals surface area contributed by atoms with Gasteiger partial charge in [0.1, 0.15) is 24.6 Å². The van der Waals surface area contributed by atoms with Crippen LogP contribution in [0, 0.1) is 6.92 Å². The van der Waals surface area contributed by atoms with Crippen LogP contribution in [0.5, 0.6) is 5.75 Å². The van der Waals surface area contributed by atoms with Crippen molar-refractivity contribution in [2.75, 3.05) is 0 Å². The second-order valence-corrected chi connectivity index (χ2v) is 7.32. The first-order chi connectivity index (χ1) is 14.1. The van der Waals surface area contributed by atoms with Crippen LogP contribution >= 0.6 is 11.3 Å².